The molecule has 4 N–H and O–H groups in total. The smallest absolute Gasteiger partial charge is 0.395 e. The number of β-amino-alcohol motifs (C(OH)–C–C–N with tert-alkyl or cyclic N) is 1. The molecule has 3 amide bonds. The summed E-state index contributed by atoms with van der Waals surface area (Å²) in [5, 5.41) is 17.2. The van der Waals surface area contributed by atoms with Gasteiger partial charge >= 0.3 is 6.18 Å². The van der Waals surface area contributed by atoms with E-state index in [1.165, 1.54) is 42.9 Å². The Hall–Kier alpha value is -5.12. The Labute approximate surface area is 271 Å². The van der Waals surface area contributed by atoms with Gasteiger partial charge in [-0.15, -0.1) is 0 Å². The highest BCUT2D eigenvalue weighted by Gasteiger charge is 2.31. The Morgan fingerprint density at radius 2 is 1.51 bits per heavy atom. The van der Waals surface area contributed by atoms with Crippen molar-refractivity contribution in [1.82, 2.24) is 24.8 Å². The second-order valence-corrected chi connectivity index (χ2v) is 10.8. The van der Waals surface area contributed by atoms with Gasteiger partial charge in [-0.25, -0.2) is 15.0 Å². The van der Waals surface area contributed by atoms with Crippen molar-refractivity contribution in [3.63, 3.8) is 0 Å². The third-order valence-corrected chi connectivity index (χ3v) is 7.47. The molecule has 1 fully saturated rings. The molecular weight excluding hydrogens is 641 g/mol. The SMILES string of the molecule is O=C(Nc1ccc(Cl)c(C(=O)Nc2cnc(Nc3ccc(C(=O)N4CCN(CCO)CC4)nc3)nc2)c1)c1cccc(C(F)(F)F)c1. The molecule has 3 heterocycles. The molecule has 0 atom stereocenters. The maximum Gasteiger partial charge on any atom is 0.416 e. The van der Waals surface area contributed by atoms with E-state index in [-0.39, 0.29) is 46.0 Å². The van der Waals surface area contributed by atoms with Crippen LogP contribution in [-0.2, 0) is 6.18 Å². The molecule has 0 radical (unpaired) electrons. The van der Waals surface area contributed by atoms with Crippen LogP contribution in [0.5, 0.6) is 0 Å². The molecule has 16 heteroatoms. The normalized spacial score (nSPS) is 13.6. The number of anilines is 4. The number of nitrogens with one attached hydrogen (secondary N) is 3. The number of rotatable bonds is 9. The molecule has 2 aromatic carbocycles. The Balaban J connectivity index is 1.16. The molecule has 244 valence electrons. The second kappa shape index (κ2) is 14.5. The Morgan fingerprint density at radius 3 is 2.17 bits per heavy atom. The van der Waals surface area contributed by atoms with Crippen molar-refractivity contribution in [2.75, 3.05) is 55.3 Å². The van der Waals surface area contributed by atoms with Gasteiger partial charge in [-0.2, -0.15) is 13.2 Å². The summed E-state index contributed by atoms with van der Waals surface area (Å²) in [5.41, 5.74) is 0.00454. The molecule has 0 spiro atoms. The minimum atomic E-state index is -4.61. The van der Waals surface area contributed by atoms with Crippen molar-refractivity contribution in [3.05, 3.63) is 101 Å². The monoisotopic (exact) mass is 668 g/mol. The number of piperazine rings is 1. The summed E-state index contributed by atoms with van der Waals surface area (Å²) >= 11 is 6.21. The first-order chi connectivity index (χ1) is 22.5. The molecular formula is C31H28ClF3N8O4. The lowest BCUT2D eigenvalue weighted by molar-refractivity contribution is -0.137. The Bertz CT molecular complexity index is 1750. The van der Waals surface area contributed by atoms with Crippen LogP contribution in [0.1, 0.15) is 36.8 Å². The van der Waals surface area contributed by atoms with E-state index >= 15 is 0 Å². The molecule has 12 nitrogen and oxygen atoms in total. The largest absolute Gasteiger partial charge is 0.416 e. The number of aromatic nitrogens is 3. The minimum Gasteiger partial charge on any atom is -0.395 e. The van der Waals surface area contributed by atoms with E-state index < -0.39 is 23.6 Å². The predicted octanol–water partition coefficient (Wildman–Crippen LogP) is 4.54. The van der Waals surface area contributed by atoms with Crippen molar-refractivity contribution < 1.29 is 32.7 Å². The van der Waals surface area contributed by atoms with Crippen LogP contribution in [0, 0.1) is 0 Å². The van der Waals surface area contributed by atoms with Gasteiger partial charge in [0.2, 0.25) is 5.95 Å². The molecule has 0 bridgehead atoms. The number of benzene rings is 2. The van der Waals surface area contributed by atoms with E-state index in [0.29, 0.717) is 44.1 Å². The molecule has 1 aliphatic heterocycles. The molecule has 0 aliphatic carbocycles. The maximum absolute atomic E-state index is 13.0. The van der Waals surface area contributed by atoms with Gasteiger partial charge < -0.3 is 26.0 Å². The van der Waals surface area contributed by atoms with Gasteiger partial charge in [-0.3, -0.25) is 19.3 Å². The standard InChI is InChI=1S/C31H28ClF3N8O4/c32-25-6-4-21(39-27(45)19-2-1-3-20(14-19)31(33,34)35)15-24(25)28(46)40-23-17-37-30(38-18-23)41-22-5-7-26(36-16-22)29(47)43-10-8-42(9-11-43)12-13-44/h1-7,14-18,44H,8-13H2,(H,39,45)(H,40,46)(H,37,38,41). The van der Waals surface area contributed by atoms with E-state index in [4.69, 9.17) is 16.7 Å². The van der Waals surface area contributed by atoms with Gasteiger partial charge in [-0.05, 0) is 48.5 Å². The number of pyridine rings is 1. The van der Waals surface area contributed by atoms with Gasteiger partial charge in [0.05, 0.1) is 52.7 Å². The van der Waals surface area contributed by atoms with Crippen molar-refractivity contribution in [3.8, 4) is 0 Å². The third kappa shape index (κ3) is 8.58. The zero-order valence-corrected chi connectivity index (χ0v) is 25.3. The zero-order chi connectivity index (χ0) is 33.6. The van der Waals surface area contributed by atoms with E-state index in [1.807, 2.05) is 0 Å². The quantitative estimate of drug-likeness (QED) is 0.201. The summed E-state index contributed by atoms with van der Waals surface area (Å²) in [6.07, 6.45) is -0.428. The van der Waals surface area contributed by atoms with Crippen LogP contribution in [-0.4, -0.2) is 86.9 Å². The zero-order valence-electron chi connectivity index (χ0n) is 24.6. The van der Waals surface area contributed by atoms with E-state index in [1.54, 1.807) is 17.0 Å². The van der Waals surface area contributed by atoms with E-state index in [2.05, 4.69) is 35.8 Å². The van der Waals surface area contributed by atoms with Gasteiger partial charge in [0.15, 0.2) is 0 Å². The molecule has 2 aromatic heterocycles. The fourth-order valence-electron chi connectivity index (χ4n) is 4.67. The van der Waals surface area contributed by atoms with Gasteiger partial charge in [-0.1, -0.05) is 17.7 Å². The average molecular weight is 669 g/mol. The number of halogens is 4. The van der Waals surface area contributed by atoms with E-state index in [9.17, 15) is 27.6 Å². The number of aliphatic hydroxyl groups is 1. The molecule has 0 saturated carbocycles. The summed E-state index contributed by atoms with van der Waals surface area (Å²) in [6, 6.07) is 11.3. The van der Waals surface area contributed by atoms with Crippen LogP contribution in [0.4, 0.5) is 36.2 Å². The topological polar surface area (TPSA) is 153 Å². The van der Waals surface area contributed by atoms with Crippen LogP contribution in [0.3, 0.4) is 0 Å². The summed E-state index contributed by atoms with van der Waals surface area (Å²) in [6.45, 7) is 3.13. The molecule has 0 unspecified atom stereocenters. The predicted molar refractivity (Wildman–Crippen MR) is 168 cm³/mol. The number of hydrogen-bond acceptors (Lipinski definition) is 9. The summed E-state index contributed by atoms with van der Waals surface area (Å²) in [7, 11) is 0. The van der Waals surface area contributed by atoms with Crippen molar-refractivity contribution in [1.29, 1.82) is 0 Å². The number of alkyl halides is 3. The fraction of sp³-hybridized carbons (Fsp3) is 0.226. The average Bonchev–Trinajstić information content (AvgIpc) is 3.06. The van der Waals surface area contributed by atoms with Gasteiger partial charge in [0.1, 0.15) is 5.69 Å². The third-order valence-electron chi connectivity index (χ3n) is 7.15. The first-order valence-electron chi connectivity index (χ1n) is 14.3. The highest BCUT2D eigenvalue weighted by Crippen LogP contribution is 2.30. The number of carbonyl (C=O) groups excluding carboxylic acids is 3. The second-order valence-electron chi connectivity index (χ2n) is 10.4. The highest BCUT2D eigenvalue weighted by molar-refractivity contribution is 6.34. The molecule has 4 aromatic rings. The van der Waals surface area contributed by atoms with Crippen molar-refractivity contribution >= 4 is 52.3 Å². The first-order valence-corrected chi connectivity index (χ1v) is 14.6. The van der Waals surface area contributed by atoms with Crippen LogP contribution >= 0.6 is 11.6 Å². The number of amides is 3. The van der Waals surface area contributed by atoms with Crippen LogP contribution in [0.15, 0.2) is 73.2 Å². The van der Waals surface area contributed by atoms with Gasteiger partial charge in [0, 0.05) is 44.0 Å². The van der Waals surface area contributed by atoms with Crippen molar-refractivity contribution in [2.45, 2.75) is 6.18 Å². The van der Waals surface area contributed by atoms with E-state index in [0.717, 1.165) is 18.2 Å². The number of nitrogens with zero attached hydrogens (tertiary/aromatic N) is 5. The maximum atomic E-state index is 13.0. The van der Waals surface area contributed by atoms with Crippen molar-refractivity contribution in [2.24, 2.45) is 0 Å². The molecule has 1 aliphatic rings. The number of carbonyl (C=O) groups is 3. The molecule has 47 heavy (non-hydrogen) atoms. The minimum absolute atomic E-state index is 0.0107. The lowest BCUT2D eigenvalue weighted by Crippen LogP contribution is -2.49. The summed E-state index contributed by atoms with van der Waals surface area (Å²) in [4.78, 5) is 54.8. The molecule has 5 rings (SSSR count). The highest BCUT2D eigenvalue weighted by atomic mass is 35.5. The first kappa shape index (κ1) is 33.2. The summed E-state index contributed by atoms with van der Waals surface area (Å²) < 4.78 is 39.1. The Morgan fingerprint density at radius 1 is 0.830 bits per heavy atom. The van der Waals surface area contributed by atoms with Crippen LogP contribution in [0.2, 0.25) is 5.02 Å². The lowest BCUT2D eigenvalue weighted by atomic mass is 10.1. The number of aliphatic hydroxyl groups excluding tert-OH is 1. The van der Waals surface area contributed by atoms with Crippen LogP contribution in [0.25, 0.3) is 0 Å². The molecule has 1 saturated heterocycles. The van der Waals surface area contributed by atoms with Crippen LogP contribution < -0.4 is 16.0 Å². The number of hydrogen-bond donors (Lipinski definition) is 4. The Kier molecular flexibility index (Phi) is 10.3. The lowest BCUT2D eigenvalue weighted by Gasteiger charge is -2.34. The fourth-order valence-corrected chi connectivity index (χ4v) is 4.88. The summed E-state index contributed by atoms with van der Waals surface area (Å²) in [5.74, 6) is -1.43. The van der Waals surface area contributed by atoms with Gasteiger partial charge in [0.25, 0.3) is 17.7 Å².